The molecule has 6 nitrogen and oxygen atoms in total. The lowest BCUT2D eigenvalue weighted by Crippen LogP contribution is -2.35. The number of carbonyl (C=O) groups is 3. The molecular weight excluding hydrogens is 272 g/mol. The number of amides is 3. The van der Waals surface area contributed by atoms with E-state index in [1.54, 1.807) is 18.2 Å². The lowest BCUT2D eigenvalue weighted by molar-refractivity contribution is 0.0976. The minimum Gasteiger partial charge on any atom is -0.464 e. The molecule has 2 aromatic carbocycles. The summed E-state index contributed by atoms with van der Waals surface area (Å²) < 4.78 is 0. The van der Waals surface area contributed by atoms with Crippen molar-refractivity contribution in [3.8, 4) is 0 Å². The van der Waals surface area contributed by atoms with E-state index in [2.05, 4.69) is 0 Å². The average molecular weight is 284 g/mol. The molecule has 0 bridgehead atoms. The molecule has 0 aliphatic rings. The molecule has 0 aliphatic carbocycles. The number of imide groups is 1. The van der Waals surface area contributed by atoms with Gasteiger partial charge in [-0.25, -0.2) is 9.69 Å². The normalized spacial score (nSPS) is 9.90. The lowest BCUT2D eigenvalue weighted by Gasteiger charge is -2.17. The van der Waals surface area contributed by atoms with Gasteiger partial charge in [0.1, 0.15) is 0 Å². The van der Waals surface area contributed by atoms with E-state index >= 15 is 0 Å². The van der Waals surface area contributed by atoms with Crippen molar-refractivity contribution in [3.63, 3.8) is 0 Å². The van der Waals surface area contributed by atoms with Crippen LogP contribution in [0, 0.1) is 0 Å². The van der Waals surface area contributed by atoms with Crippen LogP contribution in [0.2, 0.25) is 0 Å². The van der Waals surface area contributed by atoms with Gasteiger partial charge in [-0.1, -0.05) is 18.2 Å². The molecule has 0 radical (unpaired) electrons. The number of para-hydroxylation sites is 1. The SMILES string of the molecule is NC(=O)c1ccc(C(=O)N(C(=O)O)c2ccccc2)cc1. The van der Waals surface area contributed by atoms with E-state index in [1.165, 1.54) is 36.4 Å². The van der Waals surface area contributed by atoms with Gasteiger partial charge in [0.05, 0.1) is 5.69 Å². The number of hydrogen-bond acceptors (Lipinski definition) is 3. The molecule has 2 aromatic rings. The summed E-state index contributed by atoms with van der Waals surface area (Å²) in [4.78, 5) is 35.2. The third-order valence-electron chi connectivity index (χ3n) is 2.83. The van der Waals surface area contributed by atoms with Crippen LogP contribution in [0.25, 0.3) is 0 Å². The van der Waals surface area contributed by atoms with Crippen LogP contribution in [0.3, 0.4) is 0 Å². The molecule has 0 saturated heterocycles. The van der Waals surface area contributed by atoms with Crippen molar-refractivity contribution >= 4 is 23.6 Å². The number of hydrogen-bond donors (Lipinski definition) is 2. The molecule has 21 heavy (non-hydrogen) atoms. The van der Waals surface area contributed by atoms with E-state index in [0.29, 0.717) is 4.90 Å². The highest BCUT2D eigenvalue weighted by Gasteiger charge is 2.24. The zero-order chi connectivity index (χ0) is 15.4. The molecule has 6 heteroatoms. The van der Waals surface area contributed by atoms with E-state index in [0.717, 1.165) is 0 Å². The number of carboxylic acid groups (broad SMARTS) is 1. The maximum atomic E-state index is 12.3. The minimum absolute atomic E-state index is 0.145. The summed E-state index contributed by atoms with van der Waals surface area (Å²) in [5, 5.41) is 9.23. The van der Waals surface area contributed by atoms with Gasteiger partial charge >= 0.3 is 6.09 Å². The molecule has 0 atom stereocenters. The van der Waals surface area contributed by atoms with Gasteiger partial charge in [-0.05, 0) is 36.4 Å². The van der Waals surface area contributed by atoms with Crippen LogP contribution >= 0.6 is 0 Å². The Hall–Kier alpha value is -3.15. The van der Waals surface area contributed by atoms with Crippen molar-refractivity contribution in [2.24, 2.45) is 5.73 Å². The van der Waals surface area contributed by atoms with Crippen LogP contribution < -0.4 is 10.6 Å². The molecule has 0 spiro atoms. The average Bonchev–Trinajstić information content (AvgIpc) is 2.48. The van der Waals surface area contributed by atoms with Crippen molar-refractivity contribution in [2.45, 2.75) is 0 Å². The summed E-state index contributed by atoms with van der Waals surface area (Å²) in [5.74, 6) is -1.32. The van der Waals surface area contributed by atoms with Crippen molar-refractivity contribution in [1.29, 1.82) is 0 Å². The molecule has 106 valence electrons. The Bertz CT molecular complexity index is 681. The number of carbonyl (C=O) groups excluding carboxylic acids is 2. The third-order valence-corrected chi connectivity index (χ3v) is 2.83. The van der Waals surface area contributed by atoms with E-state index in [9.17, 15) is 19.5 Å². The van der Waals surface area contributed by atoms with E-state index in [-0.39, 0.29) is 16.8 Å². The first-order chi connectivity index (χ1) is 10.0. The van der Waals surface area contributed by atoms with Gasteiger partial charge in [0.2, 0.25) is 5.91 Å². The van der Waals surface area contributed by atoms with E-state index in [4.69, 9.17) is 5.73 Å². The van der Waals surface area contributed by atoms with Gasteiger partial charge in [-0.2, -0.15) is 0 Å². The Balaban J connectivity index is 2.35. The molecule has 0 fully saturated rings. The number of primary amides is 1. The van der Waals surface area contributed by atoms with Crippen LogP contribution in [-0.4, -0.2) is 23.0 Å². The highest BCUT2D eigenvalue weighted by molar-refractivity contribution is 6.18. The third kappa shape index (κ3) is 3.06. The largest absolute Gasteiger partial charge is 0.464 e. The van der Waals surface area contributed by atoms with Gasteiger partial charge < -0.3 is 10.8 Å². The van der Waals surface area contributed by atoms with Gasteiger partial charge in [-0.3, -0.25) is 9.59 Å². The highest BCUT2D eigenvalue weighted by atomic mass is 16.4. The summed E-state index contributed by atoms with van der Waals surface area (Å²) in [7, 11) is 0. The molecule has 0 aliphatic heterocycles. The molecule has 3 N–H and O–H groups in total. The van der Waals surface area contributed by atoms with Gasteiger partial charge in [0, 0.05) is 11.1 Å². The van der Waals surface area contributed by atoms with Crippen molar-refractivity contribution in [2.75, 3.05) is 4.90 Å². The number of nitrogens with zero attached hydrogens (tertiary/aromatic N) is 1. The Morgan fingerprint density at radius 1 is 0.857 bits per heavy atom. The minimum atomic E-state index is -1.38. The van der Waals surface area contributed by atoms with E-state index in [1.807, 2.05) is 0 Å². The fraction of sp³-hybridized carbons (Fsp3) is 0. The lowest BCUT2D eigenvalue weighted by atomic mass is 10.1. The summed E-state index contributed by atoms with van der Waals surface area (Å²) >= 11 is 0. The van der Waals surface area contributed by atoms with Crippen LogP contribution in [0.5, 0.6) is 0 Å². The predicted octanol–water partition coefficient (Wildman–Crippen LogP) is 2.11. The second-order valence-corrected chi connectivity index (χ2v) is 4.20. The van der Waals surface area contributed by atoms with Crippen LogP contribution in [0.1, 0.15) is 20.7 Å². The molecule has 0 saturated carbocycles. The Labute approximate surface area is 120 Å². The van der Waals surface area contributed by atoms with Crippen LogP contribution in [-0.2, 0) is 0 Å². The number of nitrogens with two attached hydrogens (primary N) is 1. The first kappa shape index (κ1) is 14.3. The fourth-order valence-corrected chi connectivity index (χ4v) is 1.80. The Morgan fingerprint density at radius 2 is 1.38 bits per heavy atom. The smallest absolute Gasteiger partial charge is 0.419 e. The summed E-state index contributed by atoms with van der Waals surface area (Å²) in [6.45, 7) is 0. The summed E-state index contributed by atoms with van der Waals surface area (Å²) in [6, 6.07) is 13.5. The second-order valence-electron chi connectivity index (χ2n) is 4.20. The first-order valence-corrected chi connectivity index (χ1v) is 6.03. The number of anilines is 1. The quantitative estimate of drug-likeness (QED) is 0.901. The van der Waals surface area contributed by atoms with Crippen LogP contribution in [0.4, 0.5) is 10.5 Å². The zero-order valence-electron chi connectivity index (χ0n) is 10.9. The highest BCUT2D eigenvalue weighted by Crippen LogP contribution is 2.17. The van der Waals surface area contributed by atoms with Gasteiger partial charge in [0.25, 0.3) is 5.91 Å². The Morgan fingerprint density at radius 3 is 1.86 bits per heavy atom. The zero-order valence-corrected chi connectivity index (χ0v) is 10.9. The predicted molar refractivity (Wildman–Crippen MR) is 76.2 cm³/mol. The number of benzene rings is 2. The summed E-state index contributed by atoms with van der Waals surface area (Å²) in [5.41, 5.74) is 5.74. The number of rotatable bonds is 3. The molecule has 3 amide bonds. The van der Waals surface area contributed by atoms with Crippen molar-refractivity contribution < 1.29 is 19.5 Å². The molecule has 2 rings (SSSR count). The molecular formula is C15H12N2O4. The van der Waals surface area contributed by atoms with Crippen molar-refractivity contribution in [3.05, 3.63) is 65.7 Å². The second kappa shape index (κ2) is 5.87. The topological polar surface area (TPSA) is 101 Å². The van der Waals surface area contributed by atoms with Gasteiger partial charge in [0.15, 0.2) is 0 Å². The van der Waals surface area contributed by atoms with Gasteiger partial charge in [-0.15, -0.1) is 0 Å². The summed E-state index contributed by atoms with van der Waals surface area (Å²) in [6.07, 6.45) is -1.38. The fourth-order valence-electron chi connectivity index (χ4n) is 1.80. The Kier molecular flexibility index (Phi) is 3.99. The van der Waals surface area contributed by atoms with E-state index < -0.39 is 17.9 Å². The van der Waals surface area contributed by atoms with Crippen molar-refractivity contribution in [1.82, 2.24) is 0 Å². The maximum absolute atomic E-state index is 12.3. The first-order valence-electron chi connectivity index (χ1n) is 6.03. The monoisotopic (exact) mass is 284 g/mol. The molecule has 0 aromatic heterocycles. The maximum Gasteiger partial charge on any atom is 0.419 e. The van der Waals surface area contributed by atoms with Crippen LogP contribution in [0.15, 0.2) is 54.6 Å². The molecule has 0 heterocycles. The molecule has 0 unspecified atom stereocenters. The standard InChI is InChI=1S/C15H12N2O4/c16-13(18)10-6-8-11(9-7-10)14(19)17(15(20)21)12-4-2-1-3-5-12/h1-9H,(H2,16,18)(H,20,21).